The molecule has 2 aromatic carbocycles. The number of anilines is 1. The van der Waals surface area contributed by atoms with Gasteiger partial charge in [0, 0.05) is 43.9 Å². The van der Waals surface area contributed by atoms with Crippen molar-refractivity contribution in [1.29, 1.82) is 0 Å². The molecule has 1 fully saturated rings. The minimum Gasteiger partial charge on any atom is -0.317 e. The molecule has 0 unspecified atom stereocenters. The van der Waals surface area contributed by atoms with Gasteiger partial charge in [-0.1, -0.05) is 18.2 Å². The van der Waals surface area contributed by atoms with Crippen LogP contribution in [0.4, 0.5) is 10.1 Å². The topological polar surface area (TPSA) is 44.4 Å². The fourth-order valence-electron chi connectivity index (χ4n) is 3.79. The fourth-order valence-corrected chi connectivity index (χ4v) is 3.79. The van der Waals surface area contributed by atoms with E-state index in [0.717, 1.165) is 42.5 Å². The van der Waals surface area contributed by atoms with E-state index in [1.165, 1.54) is 0 Å². The molecule has 1 amide bonds. The molecule has 0 spiro atoms. The number of carbonyl (C=O) groups is 1. The molecule has 0 saturated heterocycles. The molecule has 2 aromatic rings. The van der Waals surface area contributed by atoms with Crippen LogP contribution in [0.25, 0.3) is 11.1 Å². The maximum Gasteiger partial charge on any atom is 0.223 e. The van der Waals surface area contributed by atoms with Crippen molar-refractivity contribution in [2.24, 2.45) is 0 Å². The van der Waals surface area contributed by atoms with Gasteiger partial charge in [0.25, 0.3) is 0 Å². The molecular formula is C23H30FN3O. The summed E-state index contributed by atoms with van der Waals surface area (Å²) in [5.74, 6) is -0.181. The minimum absolute atomic E-state index is 0.00774. The highest BCUT2D eigenvalue weighted by Gasteiger charge is 2.19. The third kappa shape index (κ3) is 4.97. The first-order valence-electron chi connectivity index (χ1n) is 10.0. The number of carbonyl (C=O) groups excluding carboxylic acids is 1. The maximum atomic E-state index is 14.3. The summed E-state index contributed by atoms with van der Waals surface area (Å²) < 4.78 is 14.3. The number of rotatable bonds is 6. The Morgan fingerprint density at radius 2 is 1.64 bits per heavy atom. The van der Waals surface area contributed by atoms with Crippen LogP contribution < -0.4 is 15.5 Å². The summed E-state index contributed by atoms with van der Waals surface area (Å²) in [7, 11) is 3.77. The minimum atomic E-state index is -0.173. The lowest BCUT2D eigenvalue weighted by Crippen LogP contribution is -2.38. The molecule has 1 aliphatic rings. The van der Waals surface area contributed by atoms with Crippen molar-refractivity contribution >= 4 is 11.6 Å². The quantitative estimate of drug-likeness (QED) is 0.790. The van der Waals surface area contributed by atoms with Crippen LogP contribution in [0.15, 0.2) is 42.5 Å². The van der Waals surface area contributed by atoms with E-state index in [2.05, 4.69) is 10.6 Å². The molecule has 0 atom stereocenters. The third-order valence-corrected chi connectivity index (χ3v) is 5.82. The van der Waals surface area contributed by atoms with Gasteiger partial charge in [-0.05, 0) is 68.1 Å². The molecule has 5 heteroatoms. The zero-order valence-electron chi connectivity index (χ0n) is 17.0. The Balaban J connectivity index is 1.67. The van der Waals surface area contributed by atoms with E-state index in [9.17, 15) is 9.18 Å². The molecule has 28 heavy (non-hydrogen) atoms. The van der Waals surface area contributed by atoms with Crippen molar-refractivity contribution < 1.29 is 9.18 Å². The first-order chi connectivity index (χ1) is 13.5. The van der Waals surface area contributed by atoms with Crippen LogP contribution in [0, 0.1) is 5.82 Å². The number of halogens is 1. The van der Waals surface area contributed by atoms with Gasteiger partial charge < -0.3 is 15.5 Å². The predicted molar refractivity (Wildman–Crippen MR) is 113 cm³/mol. The third-order valence-electron chi connectivity index (χ3n) is 5.82. The SMILES string of the molecule is CN[C@H]1CC[C@H](NCc2cc(-c3ccc(N(C)C(C)=O)cc3)ccc2F)CC1. The van der Waals surface area contributed by atoms with Crippen LogP contribution in [0.3, 0.4) is 0 Å². The highest BCUT2D eigenvalue weighted by molar-refractivity contribution is 5.91. The average molecular weight is 384 g/mol. The Kier molecular flexibility index (Phi) is 6.81. The first kappa shape index (κ1) is 20.5. The second kappa shape index (κ2) is 9.30. The van der Waals surface area contributed by atoms with Crippen molar-refractivity contribution in [3.05, 3.63) is 53.8 Å². The number of hydrogen-bond donors (Lipinski definition) is 2. The number of nitrogens with zero attached hydrogens (tertiary/aromatic N) is 1. The van der Waals surface area contributed by atoms with Gasteiger partial charge in [0.2, 0.25) is 5.91 Å². The van der Waals surface area contributed by atoms with Gasteiger partial charge in [0.1, 0.15) is 5.82 Å². The lowest BCUT2D eigenvalue weighted by Gasteiger charge is -2.29. The standard InChI is InChI=1S/C23H30FN3O/c1-16(28)27(3)22-11-4-17(5-12-22)18-6-13-23(24)19(14-18)15-26-21-9-7-20(25-2)8-10-21/h4-6,11-14,20-21,25-26H,7-10,15H2,1-3H3/t20-,21-. The van der Waals surface area contributed by atoms with Gasteiger partial charge in [-0.25, -0.2) is 4.39 Å². The maximum absolute atomic E-state index is 14.3. The highest BCUT2D eigenvalue weighted by Crippen LogP contribution is 2.25. The van der Waals surface area contributed by atoms with Crippen LogP contribution >= 0.6 is 0 Å². The highest BCUT2D eigenvalue weighted by atomic mass is 19.1. The molecule has 1 aliphatic carbocycles. The lowest BCUT2D eigenvalue weighted by molar-refractivity contribution is -0.116. The largest absolute Gasteiger partial charge is 0.317 e. The lowest BCUT2D eigenvalue weighted by atomic mass is 9.91. The number of nitrogens with one attached hydrogen (secondary N) is 2. The van der Waals surface area contributed by atoms with E-state index in [1.807, 2.05) is 37.4 Å². The van der Waals surface area contributed by atoms with E-state index in [4.69, 9.17) is 0 Å². The Morgan fingerprint density at radius 1 is 1.04 bits per heavy atom. The van der Waals surface area contributed by atoms with Gasteiger partial charge in [0.15, 0.2) is 0 Å². The second-order valence-electron chi connectivity index (χ2n) is 7.65. The van der Waals surface area contributed by atoms with Crippen LogP contribution in [-0.4, -0.2) is 32.1 Å². The monoisotopic (exact) mass is 383 g/mol. The summed E-state index contributed by atoms with van der Waals surface area (Å²) in [5, 5.41) is 6.87. The summed E-state index contributed by atoms with van der Waals surface area (Å²) in [6.45, 7) is 2.08. The first-order valence-corrected chi connectivity index (χ1v) is 10.0. The van der Waals surface area contributed by atoms with Crippen molar-refractivity contribution in [3.63, 3.8) is 0 Å². The zero-order valence-corrected chi connectivity index (χ0v) is 17.0. The van der Waals surface area contributed by atoms with Gasteiger partial charge in [-0.15, -0.1) is 0 Å². The summed E-state index contributed by atoms with van der Waals surface area (Å²) in [5.41, 5.74) is 3.53. The Hall–Kier alpha value is -2.24. The van der Waals surface area contributed by atoms with Gasteiger partial charge in [0.05, 0.1) is 0 Å². The summed E-state index contributed by atoms with van der Waals surface area (Å²) in [6.07, 6.45) is 4.57. The summed E-state index contributed by atoms with van der Waals surface area (Å²) in [4.78, 5) is 13.1. The molecule has 2 N–H and O–H groups in total. The fraction of sp³-hybridized carbons (Fsp3) is 0.435. The second-order valence-corrected chi connectivity index (χ2v) is 7.65. The molecule has 150 valence electrons. The van der Waals surface area contributed by atoms with E-state index in [1.54, 1.807) is 31.0 Å². The molecule has 0 heterocycles. The van der Waals surface area contributed by atoms with E-state index < -0.39 is 0 Å². The van der Waals surface area contributed by atoms with E-state index in [0.29, 0.717) is 24.2 Å². The molecular weight excluding hydrogens is 353 g/mol. The van der Waals surface area contributed by atoms with Gasteiger partial charge in [-0.3, -0.25) is 4.79 Å². The molecule has 0 radical (unpaired) electrons. The molecule has 0 aliphatic heterocycles. The van der Waals surface area contributed by atoms with Crippen LogP contribution in [0.5, 0.6) is 0 Å². The van der Waals surface area contributed by atoms with Crippen molar-refractivity contribution in [3.8, 4) is 11.1 Å². The van der Waals surface area contributed by atoms with E-state index >= 15 is 0 Å². The van der Waals surface area contributed by atoms with E-state index in [-0.39, 0.29) is 11.7 Å². The van der Waals surface area contributed by atoms with Crippen molar-refractivity contribution in [2.45, 2.75) is 51.2 Å². The van der Waals surface area contributed by atoms with Gasteiger partial charge in [-0.2, -0.15) is 0 Å². The summed E-state index contributed by atoms with van der Waals surface area (Å²) in [6, 6.07) is 14.1. The zero-order chi connectivity index (χ0) is 20.1. The van der Waals surface area contributed by atoms with Crippen LogP contribution in [-0.2, 0) is 11.3 Å². The number of amides is 1. The predicted octanol–water partition coefficient (Wildman–Crippen LogP) is 4.10. The molecule has 1 saturated carbocycles. The Morgan fingerprint density at radius 3 is 2.25 bits per heavy atom. The normalized spacial score (nSPS) is 19.4. The number of hydrogen-bond acceptors (Lipinski definition) is 3. The Labute approximate surface area is 167 Å². The molecule has 0 bridgehead atoms. The van der Waals surface area contributed by atoms with Crippen LogP contribution in [0.2, 0.25) is 0 Å². The smallest absolute Gasteiger partial charge is 0.223 e. The Bertz CT molecular complexity index is 798. The van der Waals surface area contributed by atoms with Gasteiger partial charge >= 0.3 is 0 Å². The van der Waals surface area contributed by atoms with Crippen molar-refractivity contribution in [1.82, 2.24) is 10.6 Å². The number of benzene rings is 2. The van der Waals surface area contributed by atoms with Crippen molar-refractivity contribution in [2.75, 3.05) is 19.0 Å². The molecule has 0 aromatic heterocycles. The van der Waals surface area contributed by atoms with Crippen LogP contribution in [0.1, 0.15) is 38.2 Å². The summed E-state index contributed by atoms with van der Waals surface area (Å²) >= 11 is 0. The average Bonchev–Trinajstić information content (AvgIpc) is 2.73. The molecule has 3 rings (SSSR count). The molecule has 4 nitrogen and oxygen atoms in total.